The molecule has 1 saturated heterocycles. The number of benzene rings is 1. The maximum absolute atomic E-state index is 5.54. The molecule has 1 fully saturated rings. The van der Waals surface area contributed by atoms with Crippen LogP contribution in [0.3, 0.4) is 0 Å². The van der Waals surface area contributed by atoms with Gasteiger partial charge in [-0.15, -0.1) is 0 Å². The van der Waals surface area contributed by atoms with Crippen molar-refractivity contribution >= 4 is 0 Å². The van der Waals surface area contributed by atoms with E-state index in [1.54, 1.807) is 0 Å². The van der Waals surface area contributed by atoms with Crippen molar-refractivity contribution in [3.8, 4) is 11.3 Å². The van der Waals surface area contributed by atoms with Crippen LogP contribution in [0.5, 0.6) is 0 Å². The summed E-state index contributed by atoms with van der Waals surface area (Å²) in [5.74, 6) is 1.34. The average Bonchev–Trinajstić information content (AvgIpc) is 3.42. The number of aromatic amines is 1. The summed E-state index contributed by atoms with van der Waals surface area (Å²) in [6.45, 7) is 8.40. The first kappa shape index (κ1) is 18.0. The van der Waals surface area contributed by atoms with Crippen LogP contribution in [0, 0.1) is 0 Å². The maximum Gasteiger partial charge on any atom is 0.139 e. The van der Waals surface area contributed by atoms with Gasteiger partial charge in [-0.3, -0.25) is 10.00 Å². The van der Waals surface area contributed by atoms with E-state index in [1.807, 2.05) is 6.20 Å². The van der Waals surface area contributed by atoms with Crippen LogP contribution in [0.4, 0.5) is 0 Å². The lowest BCUT2D eigenvalue weighted by atomic mass is 10.0. The minimum absolute atomic E-state index is 0.325. The summed E-state index contributed by atoms with van der Waals surface area (Å²) in [5.41, 5.74) is 5.96. The normalized spacial score (nSPS) is 17.9. The molecule has 1 aliphatic rings. The molecule has 1 aliphatic heterocycles. The molecule has 1 atom stereocenters. The van der Waals surface area contributed by atoms with Crippen molar-refractivity contribution in [3.63, 3.8) is 0 Å². The SMILES string of the molecule is CCc1ccc(-c2[nH]ncc2CN2CCC[C@@H]2c2cc(C(C)C)on2)cc1. The van der Waals surface area contributed by atoms with E-state index in [1.165, 1.54) is 23.1 Å². The average molecular weight is 364 g/mol. The summed E-state index contributed by atoms with van der Waals surface area (Å²) < 4.78 is 5.54. The summed E-state index contributed by atoms with van der Waals surface area (Å²) in [5, 5.41) is 11.9. The topological polar surface area (TPSA) is 58.0 Å². The molecule has 0 amide bonds. The fourth-order valence-corrected chi connectivity index (χ4v) is 3.89. The maximum atomic E-state index is 5.54. The van der Waals surface area contributed by atoms with Crippen LogP contribution in [0.25, 0.3) is 11.3 Å². The number of nitrogens with one attached hydrogen (secondary N) is 1. The molecule has 1 aromatic carbocycles. The lowest BCUT2D eigenvalue weighted by Crippen LogP contribution is -2.23. The van der Waals surface area contributed by atoms with Gasteiger partial charge in [0.25, 0.3) is 0 Å². The Labute approximate surface area is 160 Å². The van der Waals surface area contributed by atoms with Gasteiger partial charge in [0.1, 0.15) is 11.5 Å². The predicted molar refractivity (Wildman–Crippen MR) is 106 cm³/mol. The second-order valence-corrected chi connectivity index (χ2v) is 7.76. The van der Waals surface area contributed by atoms with E-state index in [0.717, 1.165) is 43.1 Å². The molecule has 142 valence electrons. The van der Waals surface area contributed by atoms with E-state index >= 15 is 0 Å². The summed E-state index contributed by atoms with van der Waals surface area (Å²) in [6.07, 6.45) is 5.33. The van der Waals surface area contributed by atoms with Gasteiger partial charge in [-0.2, -0.15) is 5.10 Å². The van der Waals surface area contributed by atoms with Crippen molar-refractivity contribution in [2.75, 3.05) is 6.54 Å². The van der Waals surface area contributed by atoms with E-state index < -0.39 is 0 Å². The summed E-state index contributed by atoms with van der Waals surface area (Å²) in [6, 6.07) is 11.2. The first-order valence-corrected chi connectivity index (χ1v) is 9.97. The third kappa shape index (κ3) is 3.69. The van der Waals surface area contributed by atoms with E-state index in [9.17, 15) is 0 Å². The first-order chi connectivity index (χ1) is 13.2. The molecule has 0 bridgehead atoms. The first-order valence-electron chi connectivity index (χ1n) is 9.97. The van der Waals surface area contributed by atoms with Crippen LogP contribution in [0.1, 0.15) is 68.2 Å². The molecular formula is C22H28N4O. The minimum atomic E-state index is 0.325. The van der Waals surface area contributed by atoms with Gasteiger partial charge in [-0.1, -0.05) is 50.2 Å². The Bertz CT molecular complexity index is 878. The molecule has 5 nitrogen and oxygen atoms in total. The minimum Gasteiger partial charge on any atom is -0.361 e. The lowest BCUT2D eigenvalue weighted by Gasteiger charge is -2.22. The van der Waals surface area contributed by atoms with Gasteiger partial charge < -0.3 is 4.52 Å². The number of H-pyrrole nitrogens is 1. The van der Waals surface area contributed by atoms with Crippen LogP contribution in [-0.4, -0.2) is 26.8 Å². The van der Waals surface area contributed by atoms with E-state index in [-0.39, 0.29) is 0 Å². The second-order valence-electron chi connectivity index (χ2n) is 7.76. The number of rotatable bonds is 6. The summed E-state index contributed by atoms with van der Waals surface area (Å²) in [7, 11) is 0. The van der Waals surface area contributed by atoms with Crippen LogP contribution in [-0.2, 0) is 13.0 Å². The highest BCUT2D eigenvalue weighted by atomic mass is 16.5. The number of hydrogen-bond acceptors (Lipinski definition) is 4. The Balaban J connectivity index is 1.54. The second kappa shape index (κ2) is 7.69. The fourth-order valence-electron chi connectivity index (χ4n) is 3.89. The third-order valence-electron chi connectivity index (χ3n) is 5.56. The van der Waals surface area contributed by atoms with Crippen molar-refractivity contribution in [3.05, 3.63) is 59.1 Å². The molecule has 0 radical (unpaired) electrons. The summed E-state index contributed by atoms with van der Waals surface area (Å²) >= 11 is 0. The molecule has 0 spiro atoms. The lowest BCUT2D eigenvalue weighted by molar-refractivity contribution is 0.236. The molecule has 0 saturated carbocycles. The quantitative estimate of drug-likeness (QED) is 0.662. The van der Waals surface area contributed by atoms with E-state index in [0.29, 0.717) is 12.0 Å². The van der Waals surface area contributed by atoms with Crippen LogP contribution >= 0.6 is 0 Å². The zero-order chi connectivity index (χ0) is 18.8. The van der Waals surface area contributed by atoms with Crippen molar-refractivity contribution < 1.29 is 4.52 Å². The smallest absolute Gasteiger partial charge is 0.139 e. The van der Waals surface area contributed by atoms with Gasteiger partial charge in [0, 0.05) is 24.1 Å². The van der Waals surface area contributed by atoms with Gasteiger partial charge >= 0.3 is 0 Å². The Morgan fingerprint density at radius 2 is 2.07 bits per heavy atom. The molecule has 0 aliphatic carbocycles. The zero-order valence-electron chi connectivity index (χ0n) is 16.4. The standard InChI is InChI=1S/C22H28N4O/c1-4-16-7-9-17(10-8-16)22-18(13-23-24-22)14-26-11-5-6-20(26)19-12-21(15(2)3)27-25-19/h7-10,12-13,15,20H,4-6,11,14H2,1-3H3,(H,23,24)/t20-/m1/s1. The van der Waals surface area contributed by atoms with Gasteiger partial charge in [0.05, 0.1) is 17.9 Å². The largest absolute Gasteiger partial charge is 0.361 e. The molecule has 3 aromatic rings. The van der Waals surface area contributed by atoms with Gasteiger partial charge in [0.2, 0.25) is 0 Å². The number of aromatic nitrogens is 3. The number of nitrogens with zero attached hydrogens (tertiary/aromatic N) is 3. The van der Waals surface area contributed by atoms with Crippen molar-refractivity contribution in [2.24, 2.45) is 0 Å². The highest BCUT2D eigenvalue weighted by Crippen LogP contribution is 2.35. The van der Waals surface area contributed by atoms with Crippen LogP contribution < -0.4 is 0 Å². The molecule has 5 heteroatoms. The molecular weight excluding hydrogens is 336 g/mol. The van der Waals surface area contributed by atoms with Gasteiger partial charge in [-0.05, 0) is 36.9 Å². The Kier molecular flexibility index (Phi) is 5.12. The molecule has 4 rings (SSSR count). The molecule has 2 aromatic heterocycles. The Morgan fingerprint density at radius 3 is 2.78 bits per heavy atom. The molecule has 0 unspecified atom stereocenters. The van der Waals surface area contributed by atoms with E-state index in [4.69, 9.17) is 4.52 Å². The number of likely N-dealkylation sites (tertiary alicyclic amines) is 1. The Morgan fingerprint density at radius 1 is 1.26 bits per heavy atom. The van der Waals surface area contributed by atoms with Gasteiger partial charge in [-0.25, -0.2) is 0 Å². The highest BCUT2D eigenvalue weighted by Gasteiger charge is 2.29. The molecule has 3 heterocycles. The Hall–Kier alpha value is -2.40. The summed E-state index contributed by atoms with van der Waals surface area (Å²) in [4.78, 5) is 2.50. The number of hydrogen-bond donors (Lipinski definition) is 1. The van der Waals surface area contributed by atoms with Crippen LogP contribution in [0.2, 0.25) is 0 Å². The van der Waals surface area contributed by atoms with E-state index in [2.05, 4.69) is 71.4 Å². The predicted octanol–water partition coefficient (Wildman–Crippen LogP) is 5.09. The molecule has 27 heavy (non-hydrogen) atoms. The van der Waals surface area contributed by atoms with Crippen molar-refractivity contribution in [1.29, 1.82) is 0 Å². The monoisotopic (exact) mass is 364 g/mol. The van der Waals surface area contributed by atoms with Crippen LogP contribution in [0.15, 0.2) is 41.1 Å². The van der Waals surface area contributed by atoms with Gasteiger partial charge in [0.15, 0.2) is 0 Å². The number of aryl methyl sites for hydroxylation is 1. The zero-order valence-corrected chi connectivity index (χ0v) is 16.4. The highest BCUT2D eigenvalue weighted by molar-refractivity contribution is 5.62. The third-order valence-corrected chi connectivity index (χ3v) is 5.56. The molecule has 1 N–H and O–H groups in total. The van der Waals surface area contributed by atoms with Crippen molar-refractivity contribution in [1.82, 2.24) is 20.3 Å². The fraction of sp³-hybridized carbons (Fsp3) is 0.455. The van der Waals surface area contributed by atoms with Crippen molar-refractivity contribution in [2.45, 2.75) is 58.5 Å².